The van der Waals surface area contributed by atoms with Gasteiger partial charge in [-0.2, -0.15) is 4.39 Å². The van der Waals surface area contributed by atoms with Gasteiger partial charge in [-0.15, -0.1) is 11.3 Å². The molecule has 4 nitrogen and oxygen atoms in total. The van der Waals surface area contributed by atoms with Crippen LogP contribution >= 0.6 is 11.3 Å². The molecule has 2 heterocycles. The number of carbonyl (C=O) groups is 1. The molecule has 0 radical (unpaired) electrons. The Hall–Kier alpha value is -1.82. The molecule has 0 saturated heterocycles. The van der Waals surface area contributed by atoms with Gasteiger partial charge in [-0.05, 0) is 6.07 Å². The van der Waals surface area contributed by atoms with Gasteiger partial charge in [0.1, 0.15) is 5.01 Å². The van der Waals surface area contributed by atoms with Crippen LogP contribution in [0.2, 0.25) is 0 Å². The Morgan fingerprint density at radius 3 is 3.06 bits per heavy atom. The molecule has 0 fully saturated rings. The summed E-state index contributed by atoms with van der Waals surface area (Å²) in [6, 6.07) is 2.89. The minimum absolute atomic E-state index is 0.222. The molecule has 2 aromatic heterocycles. The number of ether oxygens (including phenoxy) is 1. The highest BCUT2D eigenvalue weighted by Gasteiger charge is 2.12. The Bertz CT molecular complexity index is 527. The van der Waals surface area contributed by atoms with Crippen LogP contribution in [0.5, 0.6) is 0 Å². The molecule has 16 heavy (non-hydrogen) atoms. The largest absolute Gasteiger partial charge is 0.464 e. The molecule has 0 atom stereocenters. The van der Waals surface area contributed by atoms with Gasteiger partial charge in [0.05, 0.1) is 7.11 Å². The number of hydrogen-bond donors (Lipinski definition) is 0. The summed E-state index contributed by atoms with van der Waals surface area (Å²) in [7, 11) is 1.29. The van der Waals surface area contributed by atoms with E-state index in [2.05, 4.69) is 14.7 Å². The van der Waals surface area contributed by atoms with Crippen LogP contribution in [0.25, 0.3) is 10.6 Å². The van der Waals surface area contributed by atoms with Gasteiger partial charge in [0.25, 0.3) is 0 Å². The first-order valence-electron chi connectivity index (χ1n) is 4.36. The predicted molar refractivity (Wildman–Crippen MR) is 56.6 cm³/mol. The van der Waals surface area contributed by atoms with E-state index in [9.17, 15) is 9.18 Å². The van der Waals surface area contributed by atoms with Gasteiger partial charge in [0, 0.05) is 23.2 Å². The highest BCUT2D eigenvalue weighted by atomic mass is 32.1. The van der Waals surface area contributed by atoms with Crippen LogP contribution in [-0.4, -0.2) is 23.0 Å². The van der Waals surface area contributed by atoms with Crippen LogP contribution in [0.1, 0.15) is 10.5 Å². The standard InChI is InChI=1S/C10H7FN2O2S/c1-15-10(14)7-5-16-9(13-7)6-2-3-12-8(11)4-6/h2-5H,1H3. The topological polar surface area (TPSA) is 52.1 Å². The number of esters is 1. The van der Waals surface area contributed by atoms with Gasteiger partial charge in [0.2, 0.25) is 5.95 Å². The number of rotatable bonds is 2. The second kappa shape index (κ2) is 4.36. The highest BCUT2D eigenvalue weighted by molar-refractivity contribution is 7.13. The molecular weight excluding hydrogens is 231 g/mol. The van der Waals surface area contributed by atoms with Crippen LogP contribution < -0.4 is 0 Å². The number of pyridine rings is 1. The van der Waals surface area contributed by atoms with Gasteiger partial charge >= 0.3 is 5.97 Å². The molecule has 0 spiro atoms. The monoisotopic (exact) mass is 238 g/mol. The highest BCUT2D eigenvalue weighted by Crippen LogP contribution is 2.23. The van der Waals surface area contributed by atoms with Gasteiger partial charge in [-0.3, -0.25) is 0 Å². The van der Waals surface area contributed by atoms with Crippen molar-refractivity contribution in [2.45, 2.75) is 0 Å². The van der Waals surface area contributed by atoms with Gasteiger partial charge in [0.15, 0.2) is 5.69 Å². The minimum atomic E-state index is -0.577. The number of methoxy groups -OCH3 is 1. The fourth-order valence-corrected chi connectivity index (χ4v) is 1.93. The van der Waals surface area contributed by atoms with Crippen LogP contribution in [0.4, 0.5) is 4.39 Å². The number of thiazole rings is 1. The van der Waals surface area contributed by atoms with Crippen molar-refractivity contribution in [2.24, 2.45) is 0 Å². The third kappa shape index (κ3) is 2.06. The first-order chi connectivity index (χ1) is 7.70. The lowest BCUT2D eigenvalue weighted by Crippen LogP contribution is -2.00. The maximum atomic E-state index is 12.9. The lowest BCUT2D eigenvalue weighted by molar-refractivity contribution is 0.0595. The second-order valence-corrected chi connectivity index (χ2v) is 3.75. The van der Waals surface area contributed by atoms with E-state index in [4.69, 9.17) is 0 Å². The van der Waals surface area contributed by atoms with Gasteiger partial charge in [-0.25, -0.2) is 14.8 Å². The second-order valence-electron chi connectivity index (χ2n) is 2.90. The molecule has 0 aliphatic rings. The summed E-state index contributed by atoms with van der Waals surface area (Å²) in [5.74, 6) is -1.08. The number of halogens is 1. The molecule has 0 saturated carbocycles. The van der Waals surface area contributed by atoms with E-state index in [1.165, 1.54) is 30.7 Å². The summed E-state index contributed by atoms with van der Waals surface area (Å²) in [6.07, 6.45) is 1.35. The maximum Gasteiger partial charge on any atom is 0.357 e. The fraction of sp³-hybridized carbons (Fsp3) is 0.100. The molecule has 0 aliphatic carbocycles. The molecule has 0 aromatic carbocycles. The van der Waals surface area contributed by atoms with Crippen molar-refractivity contribution in [2.75, 3.05) is 7.11 Å². The Kier molecular flexibility index (Phi) is 2.91. The zero-order valence-electron chi connectivity index (χ0n) is 8.31. The Labute approximate surface area is 94.7 Å². The normalized spacial score (nSPS) is 10.1. The Morgan fingerprint density at radius 1 is 1.56 bits per heavy atom. The number of aromatic nitrogens is 2. The average Bonchev–Trinajstić information content (AvgIpc) is 2.77. The Balaban J connectivity index is 2.35. The zero-order chi connectivity index (χ0) is 11.5. The van der Waals surface area contributed by atoms with E-state index in [0.717, 1.165) is 0 Å². The summed E-state index contributed by atoms with van der Waals surface area (Å²) in [6.45, 7) is 0. The molecular formula is C10H7FN2O2S. The van der Waals surface area contributed by atoms with Crippen molar-refractivity contribution in [1.82, 2.24) is 9.97 Å². The van der Waals surface area contributed by atoms with E-state index in [1.807, 2.05) is 0 Å². The Morgan fingerprint density at radius 2 is 2.38 bits per heavy atom. The SMILES string of the molecule is COC(=O)c1csc(-c2ccnc(F)c2)n1. The quantitative estimate of drug-likeness (QED) is 0.594. The van der Waals surface area contributed by atoms with Crippen molar-refractivity contribution in [1.29, 1.82) is 0 Å². The summed E-state index contributed by atoms with van der Waals surface area (Å²) >= 11 is 1.25. The van der Waals surface area contributed by atoms with E-state index in [-0.39, 0.29) is 5.69 Å². The zero-order valence-corrected chi connectivity index (χ0v) is 9.12. The van der Waals surface area contributed by atoms with Crippen LogP contribution in [0.3, 0.4) is 0 Å². The molecule has 6 heteroatoms. The number of carbonyl (C=O) groups excluding carboxylic acids is 1. The van der Waals surface area contributed by atoms with Crippen LogP contribution in [0, 0.1) is 5.95 Å². The number of nitrogens with zero attached hydrogens (tertiary/aromatic N) is 2. The third-order valence-corrected chi connectivity index (χ3v) is 2.76. The molecule has 0 unspecified atom stereocenters. The third-order valence-electron chi connectivity index (χ3n) is 1.87. The number of hydrogen-bond acceptors (Lipinski definition) is 5. The molecule has 0 N–H and O–H groups in total. The summed E-state index contributed by atoms with van der Waals surface area (Å²) in [5, 5.41) is 2.13. The van der Waals surface area contributed by atoms with Crippen molar-refractivity contribution >= 4 is 17.3 Å². The van der Waals surface area contributed by atoms with Crippen molar-refractivity contribution < 1.29 is 13.9 Å². The van der Waals surface area contributed by atoms with Crippen molar-refractivity contribution in [3.63, 3.8) is 0 Å². The first kappa shape index (κ1) is 10.7. The summed E-state index contributed by atoms with van der Waals surface area (Å²) in [5.41, 5.74) is 0.812. The van der Waals surface area contributed by atoms with E-state index >= 15 is 0 Å². The van der Waals surface area contributed by atoms with E-state index in [1.54, 1.807) is 11.4 Å². The van der Waals surface area contributed by atoms with Crippen LogP contribution in [-0.2, 0) is 4.74 Å². The summed E-state index contributed by atoms with van der Waals surface area (Å²) < 4.78 is 17.4. The lowest BCUT2D eigenvalue weighted by Gasteiger charge is -1.95. The fourth-order valence-electron chi connectivity index (χ4n) is 1.14. The van der Waals surface area contributed by atoms with E-state index in [0.29, 0.717) is 10.6 Å². The van der Waals surface area contributed by atoms with E-state index < -0.39 is 11.9 Å². The van der Waals surface area contributed by atoms with Gasteiger partial charge in [-0.1, -0.05) is 0 Å². The molecule has 0 bridgehead atoms. The van der Waals surface area contributed by atoms with Crippen LogP contribution in [0.15, 0.2) is 23.7 Å². The molecule has 2 rings (SSSR count). The molecule has 82 valence electrons. The lowest BCUT2D eigenvalue weighted by atomic mass is 10.3. The molecule has 0 aliphatic heterocycles. The van der Waals surface area contributed by atoms with Crippen molar-refractivity contribution in [3.8, 4) is 10.6 Å². The minimum Gasteiger partial charge on any atom is -0.464 e. The molecule has 2 aromatic rings. The first-order valence-corrected chi connectivity index (χ1v) is 5.24. The average molecular weight is 238 g/mol. The maximum absolute atomic E-state index is 12.9. The predicted octanol–water partition coefficient (Wildman–Crippen LogP) is 2.13. The molecule has 0 amide bonds. The smallest absolute Gasteiger partial charge is 0.357 e. The van der Waals surface area contributed by atoms with Gasteiger partial charge < -0.3 is 4.74 Å². The summed E-state index contributed by atoms with van der Waals surface area (Å²) in [4.78, 5) is 18.6. The van der Waals surface area contributed by atoms with Crippen molar-refractivity contribution in [3.05, 3.63) is 35.4 Å².